The van der Waals surface area contributed by atoms with Crippen LogP contribution in [0, 0.1) is 17.0 Å². The minimum absolute atomic E-state index is 0.159. The van der Waals surface area contributed by atoms with Crippen LogP contribution >= 0.6 is 47.8 Å². The molecule has 1 N–H and O–H groups in total. The van der Waals surface area contributed by atoms with Gasteiger partial charge in [0.1, 0.15) is 15.7 Å². The van der Waals surface area contributed by atoms with Crippen LogP contribution in [0.25, 0.3) is 11.3 Å². The molecule has 0 bridgehead atoms. The first-order valence-corrected chi connectivity index (χ1v) is 8.01. The van der Waals surface area contributed by atoms with Crippen LogP contribution in [0.2, 0.25) is 0 Å². The maximum atomic E-state index is 13.3. The molecule has 0 aliphatic heterocycles. The first-order chi connectivity index (χ1) is 10.0. The van der Waals surface area contributed by atoms with Crippen LogP contribution in [0.15, 0.2) is 25.6 Å². The maximum Gasteiger partial charge on any atom is 0.421 e. The zero-order chi connectivity index (χ0) is 16.8. The van der Waals surface area contributed by atoms with Crippen molar-refractivity contribution in [2.75, 3.05) is 0 Å². The van der Waals surface area contributed by atoms with Crippen molar-refractivity contribution in [1.82, 2.24) is 4.98 Å². The summed E-state index contributed by atoms with van der Waals surface area (Å²) in [5.41, 5.74) is -0.530. The highest BCUT2D eigenvalue weighted by atomic mass is 79.9. The van der Waals surface area contributed by atoms with Gasteiger partial charge in [-0.2, -0.15) is 13.2 Å². The lowest BCUT2D eigenvalue weighted by molar-refractivity contribution is -0.390. The molecule has 0 unspecified atom stereocenters. The molecular formula is C12H6Br3F3N2O2. The van der Waals surface area contributed by atoms with E-state index >= 15 is 0 Å². The molecule has 2 rings (SSSR count). The first-order valence-electron chi connectivity index (χ1n) is 5.63. The van der Waals surface area contributed by atoms with Gasteiger partial charge in [0, 0.05) is 8.95 Å². The van der Waals surface area contributed by atoms with E-state index in [0.29, 0.717) is 8.95 Å². The van der Waals surface area contributed by atoms with Crippen LogP contribution in [0.3, 0.4) is 0 Å². The Morgan fingerprint density at radius 3 is 2.09 bits per heavy atom. The second kappa shape index (κ2) is 5.97. The number of hydrogen-bond acceptors (Lipinski definition) is 2. The van der Waals surface area contributed by atoms with Crippen LogP contribution < -0.4 is 0 Å². The van der Waals surface area contributed by atoms with E-state index in [0.717, 1.165) is 5.56 Å². The molecule has 0 radical (unpaired) electrons. The zero-order valence-electron chi connectivity index (χ0n) is 10.7. The molecule has 0 amide bonds. The molecule has 0 atom stereocenters. The third-order valence-corrected chi connectivity index (χ3v) is 4.85. The molecule has 0 spiro atoms. The normalized spacial score (nSPS) is 11.8. The zero-order valence-corrected chi connectivity index (χ0v) is 15.4. The van der Waals surface area contributed by atoms with Crippen LogP contribution in [0.5, 0.6) is 0 Å². The van der Waals surface area contributed by atoms with Gasteiger partial charge in [0.2, 0.25) is 0 Å². The smallest absolute Gasteiger partial charge is 0.358 e. The molecule has 118 valence electrons. The number of aromatic amines is 1. The second-order valence-corrected chi connectivity index (χ2v) is 6.90. The topological polar surface area (TPSA) is 58.9 Å². The Balaban J connectivity index is 2.87. The van der Waals surface area contributed by atoms with Gasteiger partial charge >= 0.3 is 12.0 Å². The Bertz CT molecular complexity index is 749. The summed E-state index contributed by atoms with van der Waals surface area (Å²) in [5.74, 6) is -0.748. The molecule has 0 fully saturated rings. The van der Waals surface area contributed by atoms with Gasteiger partial charge in [0.05, 0.1) is 5.56 Å². The average molecular weight is 507 g/mol. The average Bonchev–Trinajstić information content (AvgIpc) is 2.65. The number of nitro groups is 1. The predicted octanol–water partition coefficient (Wildman–Crippen LogP) is 6.20. The maximum absolute atomic E-state index is 13.3. The highest BCUT2D eigenvalue weighted by Crippen LogP contribution is 2.48. The number of nitrogens with one attached hydrogen (secondary N) is 1. The van der Waals surface area contributed by atoms with Crippen LogP contribution in [-0.2, 0) is 6.18 Å². The Hall–Kier alpha value is -0.870. The van der Waals surface area contributed by atoms with Gasteiger partial charge in [-0.05, 0) is 77.3 Å². The summed E-state index contributed by atoms with van der Waals surface area (Å²) >= 11 is 9.08. The Labute approximate surface area is 147 Å². The van der Waals surface area contributed by atoms with E-state index in [1.54, 1.807) is 19.1 Å². The third-order valence-electron chi connectivity index (χ3n) is 2.82. The fourth-order valence-corrected chi connectivity index (χ4v) is 4.46. The molecule has 1 aromatic carbocycles. The van der Waals surface area contributed by atoms with Gasteiger partial charge in [-0.15, -0.1) is 0 Å². The van der Waals surface area contributed by atoms with E-state index in [2.05, 4.69) is 52.8 Å². The van der Waals surface area contributed by atoms with E-state index in [9.17, 15) is 23.3 Å². The van der Waals surface area contributed by atoms with Crippen molar-refractivity contribution in [1.29, 1.82) is 0 Å². The van der Waals surface area contributed by atoms with E-state index in [4.69, 9.17) is 0 Å². The molecule has 0 saturated carbocycles. The summed E-state index contributed by atoms with van der Waals surface area (Å²) in [5, 5.41) is 10.9. The van der Waals surface area contributed by atoms with Gasteiger partial charge in [-0.1, -0.05) is 0 Å². The monoisotopic (exact) mass is 504 g/mol. The van der Waals surface area contributed by atoms with Crippen molar-refractivity contribution in [3.63, 3.8) is 0 Å². The highest BCUT2D eigenvalue weighted by molar-refractivity contribution is 9.11. The standard InChI is InChI=1S/C12H6Br3F3N2O2/c1-4-2-5(13)7(6(14)3-4)10-8(12(16,17)18)9(15)11(19-10)20(21)22/h2-3,19H,1H3. The van der Waals surface area contributed by atoms with Crippen molar-refractivity contribution in [3.8, 4) is 11.3 Å². The number of aryl methyl sites for hydroxylation is 1. The largest absolute Gasteiger partial charge is 0.421 e. The number of halogens is 6. The first kappa shape index (κ1) is 17.5. The molecule has 22 heavy (non-hydrogen) atoms. The Morgan fingerprint density at radius 1 is 1.18 bits per heavy atom. The number of benzene rings is 1. The second-order valence-electron chi connectivity index (χ2n) is 4.40. The summed E-state index contributed by atoms with van der Waals surface area (Å²) in [6, 6.07) is 3.25. The fourth-order valence-electron chi connectivity index (χ4n) is 1.98. The van der Waals surface area contributed by atoms with E-state index < -0.39 is 27.0 Å². The molecule has 0 saturated heterocycles. The van der Waals surface area contributed by atoms with Crippen molar-refractivity contribution >= 4 is 53.6 Å². The van der Waals surface area contributed by atoms with Crippen molar-refractivity contribution < 1.29 is 18.1 Å². The lowest BCUT2D eigenvalue weighted by atomic mass is 10.1. The molecule has 1 heterocycles. The van der Waals surface area contributed by atoms with Crippen molar-refractivity contribution in [3.05, 3.63) is 46.8 Å². The Kier molecular flexibility index (Phi) is 4.74. The molecule has 1 aromatic heterocycles. The SMILES string of the molecule is Cc1cc(Br)c(-c2[nH]c([N+](=O)[O-])c(Br)c2C(F)(F)F)c(Br)c1. The number of alkyl halides is 3. The lowest BCUT2D eigenvalue weighted by Gasteiger charge is -2.10. The van der Waals surface area contributed by atoms with Gasteiger partial charge in [0.25, 0.3) is 0 Å². The minimum atomic E-state index is -4.76. The van der Waals surface area contributed by atoms with Gasteiger partial charge in [-0.3, -0.25) is 0 Å². The minimum Gasteiger partial charge on any atom is -0.358 e. The molecule has 10 heteroatoms. The molecular weight excluding hydrogens is 501 g/mol. The third kappa shape index (κ3) is 3.09. The van der Waals surface area contributed by atoms with Crippen LogP contribution in [-0.4, -0.2) is 9.91 Å². The van der Waals surface area contributed by atoms with E-state index in [1.165, 1.54) is 0 Å². The number of hydrogen-bond donors (Lipinski definition) is 1. The van der Waals surface area contributed by atoms with Gasteiger partial charge in [0.15, 0.2) is 0 Å². The van der Waals surface area contributed by atoms with E-state index in [1.807, 2.05) is 0 Å². The van der Waals surface area contributed by atoms with Crippen molar-refractivity contribution in [2.24, 2.45) is 0 Å². The van der Waals surface area contributed by atoms with Gasteiger partial charge < -0.3 is 10.1 Å². The number of nitrogens with zero attached hydrogens (tertiary/aromatic N) is 1. The molecule has 0 aliphatic carbocycles. The van der Waals surface area contributed by atoms with E-state index in [-0.39, 0.29) is 11.3 Å². The lowest BCUT2D eigenvalue weighted by Crippen LogP contribution is -2.06. The summed E-state index contributed by atoms with van der Waals surface area (Å²) in [6.07, 6.45) is -4.76. The number of aromatic nitrogens is 1. The summed E-state index contributed by atoms with van der Waals surface area (Å²) in [7, 11) is 0. The van der Waals surface area contributed by atoms with Crippen LogP contribution in [0.4, 0.5) is 19.0 Å². The fraction of sp³-hybridized carbons (Fsp3) is 0.167. The predicted molar refractivity (Wildman–Crippen MR) is 85.7 cm³/mol. The number of rotatable bonds is 2. The summed E-state index contributed by atoms with van der Waals surface area (Å²) in [4.78, 5) is 12.3. The Morgan fingerprint density at radius 2 is 1.68 bits per heavy atom. The summed E-state index contributed by atoms with van der Waals surface area (Å²) in [6.45, 7) is 1.77. The van der Waals surface area contributed by atoms with Crippen molar-refractivity contribution in [2.45, 2.75) is 13.1 Å². The van der Waals surface area contributed by atoms with Gasteiger partial charge in [-0.25, -0.2) is 4.98 Å². The summed E-state index contributed by atoms with van der Waals surface area (Å²) < 4.78 is 40.1. The number of H-pyrrole nitrogens is 1. The molecule has 0 aliphatic rings. The molecule has 4 nitrogen and oxygen atoms in total. The molecule has 2 aromatic rings. The highest BCUT2D eigenvalue weighted by Gasteiger charge is 2.43. The quantitative estimate of drug-likeness (QED) is 0.389. The van der Waals surface area contributed by atoms with Crippen LogP contribution in [0.1, 0.15) is 11.1 Å².